The van der Waals surface area contributed by atoms with E-state index in [-0.39, 0.29) is 16.5 Å². The lowest BCUT2D eigenvalue weighted by molar-refractivity contribution is -0.128. The number of aromatic nitrogens is 1. The van der Waals surface area contributed by atoms with E-state index in [9.17, 15) is 9.59 Å². The number of rotatable bonds is 3. The third kappa shape index (κ3) is 2.66. The lowest BCUT2D eigenvalue weighted by Gasteiger charge is -2.22. The number of nitrogens with one attached hydrogen (secondary N) is 2. The largest absolute Gasteiger partial charge is 0.478 e. The molecule has 1 aliphatic rings. The summed E-state index contributed by atoms with van der Waals surface area (Å²) in [7, 11) is 0. The normalized spacial score (nSPS) is 19.5. The molecule has 18 heavy (non-hydrogen) atoms. The summed E-state index contributed by atoms with van der Waals surface area (Å²) in [6.45, 7) is 3.19. The molecule has 1 amide bonds. The molecule has 0 aliphatic carbocycles. The molecule has 0 bridgehead atoms. The van der Waals surface area contributed by atoms with Gasteiger partial charge in [0.05, 0.1) is 12.3 Å². The van der Waals surface area contributed by atoms with Gasteiger partial charge in [0.25, 0.3) is 5.91 Å². The Morgan fingerprint density at radius 3 is 3.00 bits per heavy atom. The van der Waals surface area contributed by atoms with Crippen molar-refractivity contribution >= 4 is 28.4 Å². The Bertz CT molecular complexity index is 468. The van der Waals surface area contributed by atoms with Crippen molar-refractivity contribution in [3.63, 3.8) is 0 Å². The number of carboxylic acid groups (broad SMARTS) is 1. The second kappa shape index (κ2) is 5.42. The van der Waals surface area contributed by atoms with Crippen molar-refractivity contribution < 1.29 is 19.4 Å². The SMILES string of the molecule is Cc1nsc(NC(=O)C2CNCCO2)c1C(=O)O. The third-order valence-electron chi connectivity index (χ3n) is 2.53. The molecule has 1 aliphatic heterocycles. The molecule has 2 rings (SSSR count). The van der Waals surface area contributed by atoms with Gasteiger partial charge in [-0.2, -0.15) is 4.37 Å². The van der Waals surface area contributed by atoms with Gasteiger partial charge in [-0.1, -0.05) is 0 Å². The van der Waals surface area contributed by atoms with E-state index in [0.29, 0.717) is 25.4 Å². The highest BCUT2D eigenvalue weighted by atomic mass is 32.1. The highest BCUT2D eigenvalue weighted by molar-refractivity contribution is 7.11. The van der Waals surface area contributed by atoms with Crippen LogP contribution in [-0.4, -0.2) is 47.2 Å². The van der Waals surface area contributed by atoms with Gasteiger partial charge >= 0.3 is 5.97 Å². The molecule has 7 nitrogen and oxygen atoms in total. The zero-order chi connectivity index (χ0) is 13.1. The fraction of sp³-hybridized carbons (Fsp3) is 0.500. The van der Waals surface area contributed by atoms with Gasteiger partial charge < -0.3 is 20.5 Å². The lowest BCUT2D eigenvalue weighted by Crippen LogP contribution is -2.45. The van der Waals surface area contributed by atoms with E-state index in [1.165, 1.54) is 0 Å². The second-order valence-electron chi connectivity index (χ2n) is 3.83. The Morgan fingerprint density at radius 1 is 1.61 bits per heavy atom. The molecule has 1 unspecified atom stereocenters. The number of hydrogen-bond donors (Lipinski definition) is 3. The molecule has 1 aromatic rings. The molecule has 0 spiro atoms. The maximum absolute atomic E-state index is 11.9. The number of amides is 1. The summed E-state index contributed by atoms with van der Waals surface area (Å²) in [5, 5.41) is 14.9. The molecule has 1 atom stereocenters. The zero-order valence-corrected chi connectivity index (χ0v) is 10.5. The van der Waals surface area contributed by atoms with Crippen LogP contribution in [0.3, 0.4) is 0 Å². The molecule has 0 saturated carbocycles. The number of morpholine rings is 1. The first-order valence-electron chi connectivity index (χ1n) is 5.42. The summed E-state index contributed by atoms with van der Waals surface area (Å²) in [5.74, 6) is -1.45. The van der Waals surface area contributed by atoms with Crippen LogP contribution in [0.15, 0.2) is 0 Å². The van der Waals surface area contributed by atoms with Crippen LogP contribution in [0, 0.1) is 6.92 Å². The summed E-state index contributed by atoms with van der Waals surface area (Å²) < 4.78 is 9.21. The zero-order valence-electron chi connectivity index (χ0n) is 9.73. The third-order valence-corrected chi connectivity index (χ3v) is 3.39. The van der Waals surface area contributed by atoms with Gasteiger partial charge in [-0.05, 0) is 18.5 Å². The number of ether oxygens (including phenoxy) is 1. The minimum absolute atomic E-state index is 0.0390. The number of anilines is 1. The summed E-state index contributed by atoms with van der Waals surface area (Å²) in [4.78, 5) is 22.9. The van der Waals surface area contributed by atoms with Gasteiger partial charge in [0, 0.05) is 13.1 Å². The molecule has 98 valence electrons. The Hall–Kier alpha value is -1.51. The summed E-state index contributed by atoms with van der Waals surface area (Å²) in [6, 6.07) is 0. The fourth-order valence-corrected chi connectivity index (χ4v) is 2.43. The number of hydrogen-bond acceptors (Lipinski definition) is 6. The molecule has 1 fully saturated rings. The van der Waals surface area contributed by atoms with Gasteiger partial charge in [-0.3, -0.25) is 4.79 Å². The molecular weight excluding hydrogens is 258 g/mol. The van der Waals surface area contributed by atoms with E-state index in [0.717, 1.165) is 11.5 Å². The Balaban J connectivity index is 2.09. The monoisotopic (exact) mass is 271 g/mol. The van der Waals surface area contributed by atoms with E-state index in [1.807, 2.05) is 0 Å². The predicted octanol–water partition coefficient (Wildman–Crippen LogP) is 0.0766. The van der Waals surface area contributed by atoms with Crippen molar-refractivity contribution in [2.24, 2.45) is 0 Å². The van der Waals surface area contributed by atoms with Crippen molar-refractivity contribution in [1.29, 1.82) is 0 Å². The first kappa shape index (κ1) is 12.9. The van der Waals surface area contributed by atoms with Crippen LogP contribution in [0.5, 0.6) is 0 Å². The smallest absolute Gasteiger partial charge is 0.340 e. The number of nitrogens with zero attached hydrogens (tertiary/aromatic N) is 1. The van der Waals surface area contributed by atoms with Gasteiger partial charge in [-0.25, -0.2) is 4.79 Å². The molecule has 0 aromatic carbocycles. The number of aryl methyl sites for hydroxylation is 1. The molecule has 3 N–H and O–H groups in total. The van der Waals surface area contributed by atoms with Crippen molar-refractivity contribution in [2.45, 2.75) is 13.0 Å². The number of carbonyl (C=O) groups excluding carboxylic acids is 1. The van der Waals surface area contributed by atoms with E-state index < -0.39 is 12.1 Å². The minimum atomic E-state index is -1.10. The molecule has 1 saturated heterocycles. The van der Waals surface area contributed by atoms with Crippen LogP contribution in [0.4, 0.5) is 5.00 Å². The van der Waals surface area contributed by atoms with Crippen LogP contribution in [0.25, 0.3) is 0 Å². The van der Waals surface area contributed by atoms with Crippen LogP contribution in [0.2, 0.25) is 0 Å². The maximum atomic E-state index is 11.9. The van der Waals surface area contributed by atoms with Crippen LogP contribution in [0.1, 0.15) is 16.1 Å². The van der Waals surface area contributed by atoms with Gasteiger partial charge in [0.15, 0.2) is 0 Å². The highest BCUT2D eigenvalue weighted by Crippen LogP contribution is 2.24. The van der Waals surface area contributed by atoms with Crippen LogP contribution >= 0.6 is 11.5 Å². The Kier molecular flexibility index (Phi) is 3.90. The maximum Gasteiger partial charge on any atom is 0.340 e. The highest BCUT2D eigenvalue weighted by Gasteiger charge is 2.25. The standard InChI is InChI=1S/C10H13N3O4S/c1-5-7(10(15)16)9(18-13-5)12-8(14)6-4-11-2-3-17-6/h6,11H,2-4H2,1H3,(H,12,14)(H,15,16). The molecule has 0 radical (unpaired) electrons. The molecule has 1 aromatic heterocycles. The topological polar surface area (TPSA) is 101 Å². The second-order valence-corrected chi connectivity index (χ2v) is 4.60. The first-order valence-corrected chi connectivity index (χ1v) is 6.19. The van der Waals surface area contributed by atoms with Gasteiger partial charge in [0.2, 0.25) is 0 Å². The van der Waals surface area contributed by atoms with Crippen LogP contribution < -0.4 is 10.6 Å². The average Bonchev–Trinajstić information content (AvgIpc) is 2.71. The van der Waals surface area contributed by atoms with Crippen LogP contribution in [-0.2, 0) is 9.53 Å². The summed E-state index contributed by atoms with van der Waals surface area (Å²) >= 11 is 0.958. The van der Waals surface area contributed by atoms with E-state index in [4.69, 9.17) is 9.84 Å². The van der Waals surface area contributed by atoms with Crippen molar-refractivity contribution in [3.05, 3.63) is 11.3 Å². The van der Waals surface area contributed by atoms with E-state index >= 15 is 0 Å². The Morgan fingerprint density at radius 2 is 2.39 bits per heavy atom. The lowest BCUT2D eigenvalue weighted by atomic mass is 10.2. The van der Waals surface area contributed by atoms with Crippen molar-refractivity contribution in [2.75, 3.05) is 25.0 Å². The van der Waals surface area contributed by atoms with E-state index in [2.05, 4.69) is 15.0 Å². The molecular formula is C10H13N3O4S. The van der Waals surface area contributed by atoms with Crippen molar-refractivity contribution in [1.82, 2.24) is 9.69 Å². The van der Waals surface area contributed by atoms with Crippen molar-refractivity contribution in [3.8, 4) is 0 Å². The molecule has 8 heteroatoms. The average molecular weight is 271 g/mol. The van der Waals surface area contributed by atoms with Gasteiger partial charge in [0.1, 0.15) is 16.7 Å². The first-order chi connectivity index (χ1) is 8.59. The summed E-state index contributed by atoms with van der Waals surface area (Å²) in [6.07, 6.45) is -0.595. The van der Waals surface area contributed by atoms with E-state index in [1.54, 1.807) is 6.92 Å². The fourth-order valence-electron chi connectivity index (χ4n) is 1.63. The number of aromatic carboxylic acids is 1. The molecule has 2 heterocycles. The Labute approximate surface area is 107 Å². The predicted molar refractivity (Wildman–Crippen MR) is 65.0 cm³/mol. The number of carbonyl (C=O) groups is 2. The van der Waals surface area contributed by atoms with Gasteiger partial charge in [-0.15, -0.1) is 0 Å². The minimum Gasteiger partial charge on any atom is -0.478 e. The quantitative estimate of drug-likeness (QED) is 0.719. The summed E-state index contributed by atoms with van der Waals surface area (Å²) in [5.41, 5.74) is 0.433. The number of carboxylic acids is 1.